The van der Waals surface area contributed by atoms with Crippen molar-refractivity contribution in [1.82, 2.24) is 19.9 Å². The van der Waals surface area contributed by atoms with Gasteiger partial charge in [0.25, 0.3) is 5.91 Å². The maximum atomic E-state index is 12.5. The third kappa shape index (κ3) is 3.04. The molecule has 1 aliphatic heterocycles. The highest BCUT2D eigenvalue weighted by atomic mass is 16.5. The van der Waals surface area contributed by atoms with Gasteiger partial charge in [-0.25, -0.2) is 9.97 Å². The van der Waals surface area contributed by atoms with Crippen molar-refractivity contribution in [1.29, 1.82) is 0 Å². The Morgan fingerprint density at radius 1 is 1.36 bits per heavy atom. The van der Waals surface area contributed by atoms with Crippen LogP contribution in [-0.2, 0) is 4.74 Å². The minimum atomic E-state index is -0.278. The molecule has 2 N–H and O–H groups in total. The Kier molecular flexibility index (Phi) is 3.97. The fourth-order valence-electron chi connectivity index (χ4n) is 2.33. The summed E-state index contributed by atoms with van der Waals surface area (Å²) in [5.74, 6) is 0.290. The molecule has 1 saturated heterocycles. The third-order valence-electron chi connectivity index (χ3n) is 3.48. The molecule has 1 atom stereocenters. The number of aryl methyl sites for hydroxylation is 1. The van der Waals surface area contributed by atoms with Crippen LogP contribution < -0.4 is 5.73 Å². The number of anilines is 1. The van der Waals surface area contributed by atoms with Crippen LogP contribution in [0.2, 0.25) is 0 Å². The van der Waals surface area contributed by atoms with Crippen molar-refractivity contribution in [2.45, 2.75) is 13.0 Å². The van der Waals surface area contributed by atoms with Crippen molar-refractivity contribution in [3.8, 4) is 0 Å². The van der Waals surface area contributed by atoms with Gasteiger partial charge >= 0.3 is 0 Å². The first-order chi connectivity index (χ1) is 10.6. The molecule has 2 aromatic rings. The second-order valence-corrected chi connectivity index (χ2v) is 5.14. The molecule has 0 saturated carbocycles. The van der Waals surface area contributed by atoms with Gasteiger partial charge in [0, 0.05) is 12.7 Å². The van der Waals surface area contributed by atoms with Crippen molar-refractivity contribution in [3.63, 3.8) is 0 Å². The zero-order valence-corrected chi connectivity index (χ0v) is 12.3. The van der Waals surface area contributed by atoms with Gasteiger partial charge in [0.15, 0.2) is 0 Å². The Morgan fingerprint density at radius 3 is 2.95 bits per heavy atom. The molecule has 1 fully saturated rings. The first kappa shape index (κ1) is 14.4. The summed E-state index contributed by atoms with van der Waals surface area (Å²) in [7, 11) is 0. The topological polar surface area (TPSA) is 94.2 Å². The zero-order valence-electron chi connectivity index (χ0n) is 12.3. The van der Waals surface area contributed by atoms with Gasteiger partial charge < -0.3 is 15.4 Å². The smallest absolute Gasteiger partial charge is 0.274 e. The van der Waals surface area contributed by atoms with Crippen LogP contribution in [0.3, 0.4) is 0 Å². The van der Waals surface area contributed by atoms with Gasteiger partial charge in [-0.1, -0.05) is 6.07 Å². The van der Waals surface area contributed by atoms with Crippen molar-refractivity contribution < 1.29 is 9.53 Å². The minimum Gasteiger partial charge on any atom is -0.384 e. The monoisotopic (exact) mass is 299 g/mol. The number of nitrogens with two attached hydrogens (primary N) is 1. The number of hydrogen-bond donors (Lipinski definition) is 1. The first-order valence-electron chi connectivity index (χ1n) is 7.05. The number of nitrogen functional groups attached to an aromatic ring is 1. The minimum absolute atomic E-state index is 0.148. The molecule has 0 unspecified atom stereocenters. The predicted molar refractivity (Wildman–Crippen MR) is 80.0 cm³/mol. The average Bonchev–Trinajstić information content (AvgIpc) is 2.55. The largest absolute Gasteiger partial charge is 0.384 e. The van der Waals surface area contributed by atoms with E-state index in [1.165, 1.54) is 6.20 Å². The molecule has 3 heterocycles. The van der Waals surface area contributed by atoms with Crippen LogP contribution >= 0.6 is 0 Å². The molecular formula is C15H17N5O2. The van der Waals surface area contributed by atoms with Crippen molar-refractivity contribution in [3.05, 3.63) is 47.7 Å². The van der Waals surface area contributed by atoms with E-state index in [0.717, 1.165) is 11.4 Å². The molecule has 0 spiro atoms. The zero-order chi connectivity index (χ0) is 15.5. The van der Waals surface area contributed by atoms with E-state index in [1.807, 2.05) is 19.1 Å². The summed E-state index contributed by atoms with van der Waals surface area (Å²) >= 11 is 0. The van der Waals surface area contributed by atoms with E-state index in [9.17, 15) is 4.79 Å². The van der Waals surface area contributed by atoms with Crippen LogP contribution in [0.5, 0.6) is 0 Å². The Labute approximate surface area is 128 Å². The molecule has 0 aromatic carbocycles. The van der Waals surface area contributed by atoms with Crippen molar-refractivity contribution >= 4 is 11.7 Å². The second-order valence-electron chi connectivity index (χ2n) is 5.14. The molecule has 22 heavy (non-hydrogen) atoms. The number of ether oxygens (including phenoxy) is 1. The third-order valence-corrected chi connectivity index (χ3v) is 3.48. The quantitative estimate of drug-likeness (QED) is 0.888. The first-order valence-corrected chi connectivity index (χ1v) is 7.05. The molecule has 0 radical (unpaired) electrons. The Hall–Kier alpha value is -2.54. The van der Waals surface area contributed by atoms with Crippen LogP contribution in [0, 0.1) is 6.92 Å². The van der Waals surface area contributed by atoms with Crippen LogP contribution in [-0.4, -0.2) is 45.5 Å². The maximum Gasteiger partial charge on any atom is 0.274 e. The van der Waals surface area contributed by atoms with Gasteiger partial charge in [0.05, 0.1) is 30.7 Å². The average molecular weight is 299 g/mol. The maximum absolute atomic E-state index is 12.5. The van der Waals surface area contributed by atoms with Gasteiger partial charge in [-0.05, 0) is 19.1 Å². The molecule has 0 aliphatic carbocycles. The molecule has 114 valence electrons. The van der Waals surface area contributed by atoms with Gasteiger partial charge in [0.2, 0.25) is 0 Å². The molecule has 1 aliphatic rings. The summed E-state index contributed by atoms with van der Waals surface area (Å²) in [6.07, 6.45) is 2.81. The predicted octanol–water partition coefficient (Wildman–Crippen LogP) is 0.976. The highest BCUT2D eigenvalue weighted by Gasteiger charge is 2.27. The number of aromatic nitrogens is 3. The number of rotatable bonds is 2. The van der Waals surface area contributed by atoms with Gasteiger partial charge in [-0.2, -0.15) is 0 Å². The molecular weight excluding hydrogens is 282 g/mol. The van der Waals surface area contributed by atoms with Gasteiger partial charge in [-0.15, -0.1) is 0 Å². The van der Waals surface area contributed by atoms with Gasteiger partial charge in [-0.3, -0.25) is 9.78 Å². The molecule has 3 rings (SSSR count). The van der Waals surface area contributed by atoms with E-state index in [2.05, 4.69) is 15.0 Å². The number of pyridine rings is 1. The number of carbonyl (C=O) groups is 1. The van der Waals surface area contributed by atoms with E-state index in [-0.39, 0.29) is 12.0 Å². The van der Waals surface area contributed by atoms with Crippen LogP contribution in [0.4, 0.5) is 5.82 Å². The van der Waals surface area contributed by atoms with E-state index >= 15 is 0 Å². The van der Waals surface area contributed by atoms with E-state index < -0.39 is 0 Å². The van der Waals surface area contributed by atoms with Crippen molar-refractivity contribution in [2.75, 3.05) is 25.4 Å². The summed E-state index contributed by atoms with van der Waals surface area (Å²) in [5, 5.41) is 0. The molecule has 7 heteroatoms. The van der Waals surface area contributed by atoms with Gasteiger partial charge in [0.1, 0.15) is 17.6 Å². The molecule has 7 nitrogen and oxygen atoms in total. The standard InChI is InChI=1S/C15H17N5O2/c1-10-7-18-12(8-17-10)15(21)20-5-6-22-13(9-20)11-3-2-4-14(16)19-11/h2-4,7-8,13H,5-6,9H2,1H3,(H2,16,19)/t13-/m1/s1. The molecule has 0 bridgehead atoms. The lowest BCUT2D eigenvalue weighted by atomic mass is 10.1. The van der Waals surface area contributed by atoms with E-state index in [0.29, 0.717) is 31.2 Å². The second kappa shape index (κ2) is 6.07. The number of nitrogens with zero attached hydrogens (tertiary/aromatic N) is 4. The lowest BCUT2D eigenvalue weighted by Crippen LogP contribution is -2.42. The summed E-state index contributed by atoms with van der Waals surface area (Å²) in [4.78, 5) is 26.7. The normalized spacial score (nSPS) is 18.2. The SMILES string of the molecule is Cc1cnc(C(=O)N2CCO[C@@H](c3cccc(N)n3)C2)cn1. The van der Waals surface area contributed by atoms with Crippen LogP contribution in [0.15, 0.2) is 30.6 Å². The summed E-state index contributed by atoms with van der Waals surface area (Å²) in [5.41, 5.74) is 7.55. The van der Waals surface area contributed by atoms with E-state index in [1.54, 1.807) is 17.2 Å². The number of amides is 1. The number of hydrogen-bond acceptors (Lipinski definition) is 6. The van der Waals surface area contributed by atoms with Crippen LogP contribution in [0.1, 0.15) is 28.0 Å². The Bertz CT molecular complexity index is 674. The lowest BCUT2D eigenvalue weighted by molar-refractivity contribution is -0.0248. The Balaban J connectivity index is 1.75. The number of carbonyl (C=O) groups excluding carboxylic acids is 1. The van der Waals surface area contributed by atoms with Crippen molar-refractivity contribution in [2.24, 2.45) is 0 Å². The Morgan fingerprint density at radius 2 is 2.23 bits per heavy atom. The fourth-order valence-corrected chi connectivity index (χ4v) is 2.33. The summed E-state index contributed by atoms with van der Waals surface area (Å²) < 4.78 is 5.71. The lowest BCUT2D eigenvalue weighted by Gasteiger charge is -2.32. The summed E-state index contributed by atoms with van der Waals surface area (Å²) in [6, 6.07) is 5.39. The van der Waals surface area contributed by atoms with E-state index in [4.69, 9.17) is 10.5 Å². The highest BCUT2D eigenvalue weighted by Crippen LogP contribution is 2.22. The van der Waals surface area contributed by atoms with Crippen LogP contribution in [0.25, 0.3) is 0 Å². The number of morpholine rings is 1. The fraction of sp³-hybridized carbons (Fsp3) is 0.333. The summed E-state index contributed by atoms with van der Waals surface area (Å²) in [6.45, 7) is 3.22. The highest BCUT2D eigenvalue weighted by molar-refractivity contribution is 5.92. The molecule has 1 amide bonds. The molecule has 2 aromatic heterocycles.